The van der Waals surface area contributed by atoms with Gasteiger partial charge in [-0.3, -0.25) is 0 Å². The molecule has 0 fully saturated rings. The predicted octanol–water partition coefficient (Wildman–Crippen LogP) is 2.92. The fourth-order valence-corrected chi connectivity index (χ4v) is 1.37. The summed E-state index contributed by atoms with van der Waals surface area (Å²) in [7, 11) is 0. The van der Waals surface area contributed by atoms with Crippen LogP contribution in [0.4, 0.5) is 4.39 Å². The van der Waals surface area contributed by atoms with Crippen LogP contribution in [0.3, 0.4) is 0 Å². The Bertz CT molecular complexity index is 479. The van der Waals surface area contributed by atoms with E-state index in [1.165, 1.54) is 12.1 Å². The van der Waals surface area contributed by atoms with Crippen LogP contribution in [0.15, 0.2) is 22.6 Å². The first kappa shape index (κ1) is 9.02. The first-order valence-corrected chi connectivity index (χ1v) is 4.08. The third kappa shape index (κ3) is 1.24. The number of aromatic carboxylic acids is 1. The summed E-state index contributed by atoms with van der Waals surface area (Å²) in [5.74, 6) is -2.21. The normalized spacial score (nSPS) is 10.7. The fourth-order valence-electron chi connectivity index (χ4n) is 1.16. The van der Waals surface area contributed by atoms with E-state index in [1.807, 2.05) is 0 Å². The number of rotatable bonds is 1. The quantitative estimate of drug-likeness (QED) is 0.794. The molecule has 0 spiro atoms. The highest BCUT2D eigenvalue weighted by molar-refractivity contribution is 6.35. The van der Waals surface area contributed by atoms with E-state index in [1.54, 1.807) is 0 Å². The lowest BCUT2D eigenvalue weighted by Crippen LogP contribution is -1.91. The van der Waals surface area contributed by atoms with Crippen LogP contribution >= 0.6 is 11.6 Å². The molecule has 72 valence electrons. The second-order valence-electron chi connectivity index (χ2n) is 2.69. The molecule has 1 N–H and O–H groups in total. The summed E-state index contributed by atoms with van der Waals surface area (Å²) in [6, 6.07) is 3.67. The molecule has 14 heavy (non-hydrogen) atoms. The maximum absolute atomic E-state index is 13.1. The zero-order chi connectivity index (χ0) is 10.3. The van der Waals surface area contributed by atoms with Crippen molar-refractivity contribution in [1.82, 2.24) is 0 Å². The molecule has 0 bridgehead atoms. The second kappa shape index (κ2) is 2.99. The molecule has 1 aromatic carbocycles. The molecule has 2 rings (SSSR count). The van der Waals surface area contributed by atoms with Crippen molar-refractivity contribution in [3.8, 4) is 0 Å². The van der Waals surface area contributed by atoms with Crippen LogP contribution in [0.1, 0.15) is 10.6 Å². The average Bonchev–Trinajstić information content (AvgIpc) is 2.57. The van der Waals surface area contributed by atoms with Crippen molar-refractivity contribution in [2.24, 2.45) is 0 Å². The number of hydrogen-bond acceptors (Lipinski definition) is 2. The van der Waals surface area contributed by atoms with Crippen molar-refractivity contribution in [1.29, 1.82) is 0 Å². The van der Waals surface area contributed by atoms with Crippen LogP contribution in [0.5, 0.6) is 0 Å². The number of carboxylic acids is 1. The maximum Gasteiger partial charge on any atom is 0.371 e. The summed E-state index contributed by atoms with van der Waals surface area (Å²) in [6.45, 7) is 0. The lowest BCUT2D eigenvalue weighted by Gasteiger charge is -1.92. The number of fused-ring (bicyclic) bond motifs is 1. The van der Waals surface area contributed by atoms with Gasteiger partial charge < -0.3 is 9.52 Å². The Hall–Kier alpha value is -1.55. The van der Waals surface area contributed by atoms with Crippen LogP contribution in [0.25, 0.3) is 11.0 Å². The zero-order valence-electron chi connectivity index (χ0n) is 6.75. The maximum atomic E-state index is 13.1. The molecular weight excluding hydrogens is 211 g/mol. The molecule has 0 aliphatic heterocycles. The van der Waals surface area contributed by atoms with Gasteiger partial charge in [-0.15, -0.1) is 0 Å². The SMILES string of the molecule is O=C(O)c1cc2c(Cl)ccc(F)c2o1. The van der Waals surface area contributed by atoms with Crippen molar-refractivity contribution >= 4 is 28.5 Å². The van der Waals surface area contributed by atoms with Crippen molar-refractivity contribution in [2.45, 2.75) is 0 Å². The summed E-state index contributed by atoms with van der Waals surface area (Å²) in [6.07, 6.45) is 0. The predicted molar refractivity (Wildman–Crippen MR) is 48.1 cm³/mol. The molecule has 1 heterocycles. The van der Waals surface area contributed by atoms with E-state index in [2.05, 4.69) is 0 Å². The van der Waals surface area contributed by atoms with Crippen molar-refractivity contribution in [3.63, 3.8) is 0 Å². The van der Waals surface area contributed by atoms with Crippen molar-refractivity contribution in [2.75, 3.05) is 0 Å². The van der Waals surface area contributed by atoms with Gasteiger partial charge in [-0.25, -0.2) is 9.18 Å². The molecule has 0 atom stereocenters. The zero-order valence-corrected chi connectivity index (χ0v) is 7.51. The van der Waals surface area contributed by atoms with Crippen LogP contribution in [0, 0.1) is 5.82 Å². The fraction of sp³-hybridized carbons (Fsp3) is 0. The molecule has 5 heteroatoms. The third-order valence-corrected chi connectivity index (χ3v) is 2.12. The Morgan fingerprint density at radius 2 is 2.21 bits per heavy atom. The van der Waals surface area contributed by atoms with E-state index >= 15 is 0 Å². The summed E-state index contributed by atoms with van der Waals surface area (Å²) in [5.41, 5.74) is -0.130. The molecule has 0 saturated heterocycles. The number of hydrogen-bond donors (Lipinski definition) is 1. The van der Waals surface area contributed by atoms with Crippen LogP contribution in [-0.4, -0.2) is 11.1 Å². The second-order valence-corrected chi connectivity index (χ2v) is 3.10. The van der Waals surface area contributed by atoms with Gasteiger partial charge in [0.25, 0.3) is 0 Å². The number of halogens is 2. The standard InChI is InChI=1S/C9H4ClFO3/c10-5-1-2-6(11)8-4(5)3-7(14-8)9(12)13/h1-3H,(H,12,13). The number of carbonyl (C=O) groups is 1. The van der Waals surface area contributed by atoms with Gasteiger partial charge in [-0.2, -0.15) is 0 Å². The van der Waals surface area contributed by atoms with Gasteiger partial charge >= 0.3 is 5.97 Å². The molecule has 1 aromatic heterocycles. The molecule has 0 unspecified atom stereocenters. The average molecular weight is 215 g/mol. The third-order valence-electron chi connectivity index (χ3n) is 1.79. The Morgan fingerprint density at radius 1 is 1.50 bits per heavy atom. The van der Waals surface area contributed by atoms with Crippen LogP contribution < -0.4 is 0 Å². The molecule has 0 radical (unpaired) electrons. The highest BCUT2D eigenvalue weighted by Crippen LogP contribution is 2.28. The minimum atomic E-state index is -1.25. The minimum Gasteiger partial charge on any atom is -0.475 e. The van der Waals surface area contributed by atoms with Gasteiger partial charge in [-0.1, -0.05) is 11.6 Å². The smallest absolute Gasteiger partial charge is 0.371 e. The Labute approximate surface area is 82.7 Å². The Balaban J connectivity index is 2.82. The van der Waals surface area contributed by atoms with Gasteiger partial charge in [0.05, 0.1) is 5.02 Å². The van der Waals surface area contributed by atoms with Crippen molar-refractivity contribution < 1.29 is 18.7 Å². The molecule has 0 aliphatic rings. The van der Waals surface area contributed by atoms with E-state index in [9.17, 15) is 9.18 Å². The lowest BCUT2D eigenvalue weighted by atomic mass is 10.2. The molecule has 3 nitrogen and oxygen atoms in total. The summed E-state index contributed by atoms with van der Waals surface area (Å²) in [4.78, 5) is 10.5. The molecule has 2 aromatic rings. The molecular formula is C9H4ClFO3. The largest absolute Gasteiger partial charge is 0.475 e. The highest BCUT2D eigenvalue weighted by Gasteiger charge is 2.15. The molecule has 0 aliphatic carbocycles. The summed E-state index contributed by atoms with van der Waals surface area (Å²) >= 11 is 5.73. The first-order chi connectivity index (χ1) is 6.59. The minimum absolute atomic E-state index is 0.130. The van der Waals surface area contributed by atoms with Crippen molar-refractivity contribution in [3.05, 3.63) is 34.8 Å². The van der Waals surface area contributed by atoms with E-state index in [0.717, 1.165) is 6.07 Å². The van der Waals surface area contributed by atoms with E-state index < -0.39 is 11.8 Å². The molecule has 0 saturated carbocycles. The lowest BCUT2D eigenvalue weighted by molar-refractivity contribution is 0.0665. The number of benzene rings is 1. The highest BCUT2D eigenvalue weighted by atomic mass is 35.5. The summed E-state index contributed by atoms with van der Waals surface area (Å²) in [5, 5.41) is 9.14. The Kier molecular flexibility index (Phi) is 1.93. The van der Waals surface area contributed by atoms with Gasteiger partial charge in [-0.05, 0) is 12.1 Å². The Morgan fingerprint density at radius 3 is 2.79 bits per heavy atom. The van der Waals surface area contributed by atoms with Gasteiger partial charge in [0.15, 0.2) is 11.4 Å². The topological polar surface area (TPSA) is 50.4 Å². The van der Waals surface area contributed by atoms with Crippen LogP contribution in [-0.2, 0) is 0 Å². The van der Waals surface area contributed by atoms with Crippen LogP contribution in [0.2, 0.25) is 5.02 Å². The number of carboxylic acid groups (broad SMARTS) is 1. The summed E-state index contributed by atoms with van der Waals surface area (Å²) < 4.78 is 17.9. The van der Waals surface area contributed by atoms with E-state index in [4.69, 9.17) is 21.1 Å². The molecule has 0 amide bonds. The van der Waals surface area contributed by atoms with E-state index in [-0.39, 0.29) is 21.8 Å². The van der Waals surface area contributed by atoms with E-state index in [0.29, 0.717) is 0 Å². The van der Waals surface area contributed by atoms with Gasteiger partial charge in [0.1, 0.15) is 0 Å². The number of furan rings is 1. The monoisotopic (exact) mass is 214 g/mol. The first-order valence-electron chi connectivity index (χ1n) is 3.70. The van der Waals surface area contributed by atoms with Gasteiger partial charge in [0, 0.05) is 11.5 Å². The van der Waals surface area contributed by atoms with Gasteiger partial charge in [0.2, 0.25) is 5.76 Å².